The zero-order valence-electron chi connectivity index (χ0n) is 9.03. The van der Waals surface area contributed by atoms with Crippen LogP contribution >= 0.6 is 0 Å². The molecule has 0 saturated heterocycles. The second-order valence-corrected chi connectivity index (χ2v) is 4.16. The first kappa shape index (κ1) is 9.28. The monoisotopic (exact) mass is 209 g/mol. The van der Waals surface area contributed by atoms with Crippen molar-refractivity contribution >= 4 is 28.0 Å². The molecule has 0 unspecified atom stereocenters. The van der Waals surface area contributed by atoms with Gasteiger partial charge in [0.15, 0.2) is 5.78 Å². The predicted octanol–water partition coefficient (Wildman–Crippen LogP) is 3.52. The van der Waals surface area contributed by atoms with Crippen molar-refractivity contribution in [3.63, 3.8) is 0 Å². The van der Waals surface area contributed by atoms with Crippen molar-refractivity contribution in [3.05, 3.63) is 42.0 Å². The maximum Gasteiger partial charge on any atom is 0.170 e. The normalized spacial score (nSPS) is 14.8. The van der Waals surface area contributed by atoms with E-state index < -0.39 is 0 Å². The summed E-state index contributed by atoms with van der Waals surface area (Å²) >= 11 is 0. The molecule has 1 heterocycles. The van der Waals surface area contributed by atoms with Crippen LogP contribution in [0.2, 0.25) is 0 Å². The molecular formula is C14H11NO. The highest BCUT2D eigenvalue weighted by Gasteiger charge is 2.17. The van der Waals surface area contributed by atoms with Crippen molar-refractivity contribution in [2.45, 2.75) is 13.3 Å². The average molecular weight is 209 g/mol. The molecule has 0 radical (unpaired) electrons. The number of ketones is 1. The highest BCUT2D eigenvalue weighted by molar-refractivity contribution is 6.16. The lowest BCUT2D eigenvalue weighted by Crippen LogP contribution is -2.10. The van der Waals surface area contributed by atoms with Crippen LogP contribution in [0.3, 0.4) is 0 Å². The summed E-state index contributed by atoms with van der Waals surface area (Å²) in [5.74, 6) is 0.174. The first-order chi connectivity index (χ1) is 7.74. The molecule has 0 aliphatic carbocycles. The summed E-state index contributed by atoms with van der Waals surface area (Å²) in [4.78, 5) is 16.3. The molecule has 0 spiro atoms. The number of hydrogen-bond acceptors (Lipinski definition) is 2. The molecule has 2 heteroatoms. The summed E-state index contributed by atoms with van der Waals surface area (Å²) in [5.41, 5.74) is 2.46. The minimum absolute atomic E-state index is 0.174. The van der Waals surface area contributed by atoms with E-state index in [1.165, 1.54) is 0 Å². The Kier molecular flexibility index (Phi) is 1.90. The van der Waals surface area contributed by atoms with E-state index in [2.05, 4.69) is 4.99 Å². The van der Waals surface area contributed by atoms with Gasteiger partial charge in [-0.15, -0.1) is 0 Å². The number of nitrogens with zero attached hydrogens (tertiary/aromatic N) is 1. The van der Waals surface area contributed by atoms with Crippen LogP contribution in [0.4, 0.5) is 5.69 Å². The third-order valence-electron chi connectivity index (χ3n) is 2.89. The van der Waals surface area contributed by atoms with Crippen LogP contribution in [0.5, 0.6) is 0 Å². The predicted molar refractivity (Wildman–Crippen MR) is 65.7 cm³/mol. The Balaban J connectivity index is 2.35. The number of carbonyl (C=O) groups is 1. The number of carbonyl (C=O) groups excluding carboxylic acids is 1. The first-order valence-electron chi connectivity index (χ1n) is 5.34. The second-order valence-electron chi connectivity index (χ2n) is 4.16. The third kappa shape index (κ3) is 1.34. The van der Waals surface area contributed by atoms with Crippen molar-refractivity contribution in [1.29, 1.82) is 0 Å². The van der Waals surface area contributed by atoms with Crippen LogP contribution in [0.1, 0.15) is 23.7 Å². The van der Waals surface area contributed by atoms with Gasteiger partial charge < -0.3 is 0 Å². The van der Waals surface area contributed by atoms with E-state index in [9.17, 15) is 4.79 Å². The van der Waals surface area contributed by atoms with Gasteiger partial charge in [-0.05, 0) is 29.8 Å². The quantitative estimate of drug-likeness (QED) is 0.652. The van der Waals surface area contributed by atoms with Crippen LogP contribution in [0, 0.1) is 0 Å². The van der Waals surface area contributed by atoms with Crippen molar-refractivity contribution in [3.8, 4) is 0 Å². The summed E-state index contributed by atoms with van der Waals surface area (Å²) in [6.07, 6.45) is 0.450. The lowest BCUT2D eigenvalue weighted by molar-refractivity contribution is 0.1000. The summed E-state index contributed by atoms with van der Waals surface area (Å²) in [6.45, 7) is 1.90. The van der Waals surface area contributed by atoms with Crippen molar-refractivity contribution < 1.29 is 4.79 Å². The number of aliphatic imine (C=N–C) groups is 1. The van der Waals surface area contributed by atoms with Crippen LogP contribution in [-0.2, 0) is 0 Å². The fraction of sp³-hybridized carbons (Fsp3) is 0.143. The van der Waals surface area contributed by atoms with E-state index in [0.717, 1.165) is 27.7 Å². The van der Waals surface area contributed by atoms with Crippen molar-refractivity contribution in [1.82, 2.24) is 0 Å². The highest BCUT2D eigenvalue weighted by atomic mass is 16.1. The lowest BCUT2D eigenvalue weighted by atomic mass is 9.97. The Bertz CT molecular complexity index is 626. The summed E-state index contributed by atoms with van der Waals surface area (Å²) in [5, 5.41) is 2.23. The van der Waals surface area contributed by atoms with Crippen LogP contribution < -0.4 is 0 Å². The average Bonchev–Trinajstić information content (AvgIpc) is 2.27. The molecule has 3 rings (SSSR count). The molecule has 2 nitrogen and oxygen atoms in total. The largest absolute Gasteiger partial charge is 0.294 e. The summed E-state index contributed by atoms with van der Waals surface area (Å²) < 4.78 is 0. The molecule has 0 fully saturated rings. The van der Waals surface area contributed by atoms with Gasteiger partial charge in [0.2, 0.25) is 0 Å². The van der Waals surface area contributed by atoms with E-state index >= 15 is 0 Å². The first-order valence-corrected chi connectivity index (χ1v) is 5.34. The number of fused-ring (bicyclic) bond motifs is 2. The SMILES string of the molecule is CC1=Nc2cc3ccccc3cc2C(=O)C1. The molecule has 2 aromatic rings. The molecule has 0 N–H and O–H groups in total. The standard InChI is InChI=1S/C14H11NO/c1-9-6-14(16)12-7-10-4-2-3-5-11(10)8-13(12)15-9/h2-5,7-8H,6H2,1H3. The number of hydrogen-bond donors (Lipinski definition) is 0. The molecule has 2 aromatic carbocycles. The zero-order chi connectivity index (χ0) is 11.1. The topological polar surface area (TPSA) is 29.4 Å². The van der Waals surface area contributed by atoms with Gasteiger partial charge in [-0.1, -0.05) is 24.3 Å². The van der Waals surface area contributed by atoms with E-state index in [1.54, 1.807) is 0 Å². The molecule has 0 bridgehead atoms. The molecular weight excluding hydrogens is 198 g/mol. The molecule has 1 aliphatic rings. The van der Waals surface area contributed by atoms with E-state index in [0.29, 0.717) is 6.42 Å². The van der Waals surface area contributed by atoms with Gasteiger partial charge in [-0.25, -0.2) is 0 Å². The van der Waals surface area contributed by atoms with E-state index in [-0.39, 0.29) is 5.78 Å². The van der Waals surface area contributed by atoms with E-state index in [4.69, 9.17) is 0 Å². The van der Waals surface area contributed by atoms with Crippen molar-refractivity contribution in [2.24, 2.45) is 4.99 Å². The van der Waals surface area contributed by atoms with Crippen molar-refractivity contribution in [2.75, 3.05) is 0 Å². The Labute approximate surface area is 93.6 Å². The second kappa shape index (κ2) is 3.27. The van der Waals surface area contributed by atoms with Gasteiger partial charge in [0.1, 0.15) is 0 Å². The molecule has 16 heavy (non-hydrogen) atoms. The Morgan fingerprint density at radius 2 is 1.81 bits per heavy atom. The molecule has 78 valence electrons. The molecule has 0 amide bonds. The zero-order valence-corrected chi connectivity index (χ0v) is 9.03. The van der Waals surface area contributed by atoms with Gasteiger partial charge in [0.05, 0.1) is 5.69 Å². The maximum absolute atomic E-state index is 11.9. The Morgan fingerprint density at radius 1 is 1.12 bits per heavy atom. The lowest BCUT2D eigenvalue weighted by Gasteiger charge is -2.13. The van der Waals surface area contributed by atoms with Gasteiger partial charge in [0.25, 0.3) is 0 Å². The Hall–Kier alpha value is -1.96. The molecule has 1 aliphatic heterocycles. The van der Waals surface area contributed by atoms with Crippen LogP contribution in [0.25, 0.3) is 10.8 Å². The minimum Gasteiger partial charge on any atom is -0.294 e. The number of Topliss-reactive ketones (excluding diaryl/α,β-unsaturated/α-hetero) is 1. The van der Waals surface area contributed by atoms with E-state index in [1.807, 2.05) is 43.3 Å². The highest BCUT2D eigenvalue weighted by Crippen LogP contribution is 2.30. The number of benzene rings is 2. The fourth-order valence-electron chi connectivity index (χ4n) is 2.12. The Morgan fingerprint density at radius 3 is 2.56 bits per heavy atom. The van der Waals surface area contributed by atoms with Gasteiger partial charge in [-0.3, -0.25) is 9.79 Å². The maximum atomic E-state index is 11.9. The third-order valence-corrected chi connectivity index (χ3v) is 2.89. The molecule has 0 atom stereocenters. The summed E-state index contributed by atoms with van der Waals surface area (Å²) in [7, 11) is 0. The van der Waals surface area contributed by atoms with Gasteiger partial charge in [-0.2, -0.15) is 0 Å². The smallest absolute Gasteiger partial charge is 0.170 e. The fourth-order valence-corrected chi connectivity index (χ4v) is 2.12. The van der Waals surface area contributed by atoms with Crippen LogP contribution in [0.15, 0.2) is 41.4 Å². The molecule has 0 aromatic heterocycles. The van der Waals surface area contributed by atoms with Crippen LogP contribution in [-0.4, -0.2) is 11.5 Å². The van der Waals surface area contributed by atoms with Gasteiger partial charge >= 0.3 is 0 Å². The minimum atomic E-state index is 0.174. The summed E-state index contributed by atoms with van der Waals surface area (Å²) in [6, 6.07) is 12.0. The molecule has 0 saturated carbocycles. The van der Waals surface area contributed by atoms with Gasteiger partial charge in [0, 0.05) is 17.7 Å². The number of rotatable bonds is 0.